The Balaban J connectivity index is 1.87. The van der Waals surface area contributed by atoms with E-state index in [1.165, 1.54) is 6.07 Å². The van der Waals surface area contributed by atoms with Crippen molar-refractivity contribution < 1.29 is 17.9 Å². The quantitative estimate of drug-likeness (QED) is 0.891. The molecule has 1 heterocycles. The third-order valence-corrected chi connectivity index (χ3v) is 5.31. The van der Waals surface area contributed by atoms with Crippen LogP contribution in [0.5, 0.6) is 5.75 Å². The Morgan fingerprint density at radius 3 is 2.62 bits per heavy atom. The summed E-state index contributed by atoms with van der Waals surface area (Å²) in [6.07, 6.45) is 0.999. The fraction of sp³-hybridized carbons (Fsp3) is 0.235. The highest BCUT2D eigenvalue weighted by Gasteiger charge is 2.18. The molecule has 3 rings (SSSR count). The highest BCUT2D eigenvalue weighted by atomic mass is 32.2. The van der Waals surface area contributed by atoms with Gasteiger partial charge in [0.25, 0.3) is 10.0 Å². The zero-order valence-electron chi connectivity index (χ0n) is 13.4. The molecule has 0 fully saturated rings. The number of hydrogen-bond donors (Lipinski definition) is 2. The van der Waals surface area contributed by atoms with E-state index in [1.807, 2.05) is 0 Å². The van der Waals surface area contributed by atoms with Crippen LogP contribution in [0.1, 0.15) is 17.5 Å². The number of methoxy groups -OCH3 is 1. The number of carbonyl (C=O) groups excluding carboxylic acids is 1. The molecule has 0 unspecified atom stereocenters. The lowest BCUT2D eigenvalue weighted by atomic mass is 10.0. The lowest BCUT2D eigenvalue weighted by Crippen LogP contribution is -2.19. The van der Waals surface area contributed by atoms with E-state index in [0.717, 1.165) is 16.8 Å². The van der Waals surface area contributed by atoms with Crippen LogP contribution in [0.2, 0.25) is 0 Å². The van der Waals surface area contributed by atoms with Crippen LogP contribution in [0.3, 0.4) is 0 Å². The number of aryl methyl sites for hydroxylation is 2. The van der Waals surface area contributed by atoms with E-state index in [0.29, 0.717) is 24.3 Å². The normalized spacial score (nSPS) is 13.8. The van der Waals surface area contributed by atoms with Crippen molar-refractivity contribution in [1.29, 1.82) is 0 Å². The average Bonchev–Trinajstić information content (AvgIpc) is 2.54. The molecule has 126 valence electrons. The summed E-state index contributed by atoms with van der Waals surface area (Å²) < 4.78 is 32.8. The van der Waals surface area contributed by atoms with Crippen molar-refractivity contribution in [2.24, 2.45) is 0 Å². The summed E-state index contributed by atoms with van der Waals surface area (Å²) in [7, 11) is -2.15. The van der Waals surface area contributed by atoms with Gasteiger partial charge in [-0.2, -0.15) is 0 Å². The second-order valence-corrected chi connectivity index (χ2v) is 7.34. The van der Waals surface area contributed by atoms with Crippen LogP contribution in [-0.2, 0) is 21.2 Å². The summed E-state index contributed by atoms with van der Waals surface area (Å²) in [6, 6.07) is 9.81. The van der Waals surface area contributed by atoms with Crippen LogP contribution in [0, 0.1) is 6.92 Å². The standard InChI is InChI=1S/C17H18N2O4S/c1-11-9-14(5-7-16(11)23-2)24(21,22)19-13-4-6-15-12(10-13)3-8-17(20)18-15/h4-7,9-10,19H,3,8H2,1-2H3,(H,18,20). The molecule has 24 heavy (non-hydrogen) atoms. The maximum absolute atomic E-state index is 12.6. The van der Waals surface area contributed by atoms with Crippen molar-refractivity contribution in [3.05, 3.63) is 47.5 Å². The van der Waals surface area contributed by atoms with Gasteiger partial charge in [0.2, 0.25) is 5.91 Å². The smallest absolute Gasteiger partial charge is 0.261 e. The minimum atomic E-state index is -3.69. The first-order chi connectivity index (χ1) is 11.4. The molecule has 7 heteroatoms. The highest BCUT2D eigenvalue weighted by molar-refractivity contribution is 7.92. The summed E-state index contributed by atoms with van der Waals surface area (Å²) >= 11 is 0. The second kappa shape index (κ2) is 6.16. The Morgan fingerprint density at radius 2 is 1.92 bits per heavy atom. The van der Waals surface area contributed by atoms with Gasteiger partial charge in [-0.1, -0.05) is 0 Å². The van der Waals surface area contributed by atoms with Crippen LogP contribution in [0.15, 0.2) is 41.3 Å². The molecule has 2 aromatic rings. The number of fused-ring (bicyclic) bond motifs is 1. The molecule has 0 bridgehead atoms. The molecule has 6 nitrogen and oxygen atoms in total. The Hall–Kier alpha value is -2.54. The van der Waals surface area contributed by atoms with Crippen molar-refractivity contribution in [2.45, 2.75) is 24.7 Å². The van der Waals surface area contributed by atoms with Crippen LogP contribution in [-0.4, -0.2) is 21.4 Å². The number of ether oxygens (including phenoxy) is 1. The summed E-state index contributed by atoms with van der Waals surface area (Å²) in [5.41, 5.74) is 2.86. The SMILES string of the molecule is COc1ccc(S(=O)(=O)Nc2ccc3c(c2)CCC(=O)N3)cc1C. The minimum absolute atomic E-state index is 0.0236. The lowest BCUT2D eigenvalue weighted by molar-refractivity contribution is -0.116. The Morgan fingerprint density at radius 1 is 1.12 bits per heavy atom. The van der Waals surface area contributed by atoms with Gasteiger partial charge in [-0.05, 0) is 60.9 Å². The number of sulfonamides is 1. The predicted octanol–water partition coefficient (Wildman–Crippen LogP) is 2.69. The number of carbonyl (C=O) groups is 1. The molecule has 0 spiro atoms. The molecule has 0 saturated carbocycles. The van der Waals surface area contributed by atoms with Gasteiger partial charge < -0.3 is 10.1 Å². The number of nitrogens with one attached hydrogen (secondary N) is 2. The topological polar surface area (TPSA) is 84.5 Å². The van der Waals surface area contributed by atoms with Gasteiger partial charge in [0, 0.05) is 17.8 Å². The van der Waals surface area contributed by atoms with E-state index in [-0.39, 0.29) is 10.8 Å². The van der Waals surface area contributed by atoms with Crippen LogP contribution in [0.4, 0.5) is 11.4 Å². The van der Waals surface area contributed by atoms with E-state index >= 15 is 0 Å². The van der Waals surface area contributed by atoms with Crippen molar-refractivity contribution in [1.82, 2.24) is 0 Å². The van der Waals surface area contributed by atoms with E-state index in [2.05, 4.69) is 10.0 Å². The van der Waals surface area contributed by atoms with Crippen LogP contribution < -0.4 is 14.8 Å². The third kappa shape index (κ3) is 3.21. The first kappa shape index (κ1) is 16.3. The molecule has 1 aliphatic rings. The maximum atomic E-state index is 12.6. The highest BCUT2D eigenvalue weighted by Crippen LogP contribution is 2.28. The Kier molecular flexibility index (Phi) is 4.19. The lowest BCUT2D eigenvalue weighted by Gasteiger charge is -2.18. The maximum Gasteiger partial charge on any atom is 0.261 e. The van der Waals surface area contributed by atoms with Gasteiger partial charge in [-0.3, -0.25) is 9.52 Å². The van der Waals surface area contributed by atoms with E-state index in [1.54, 1.807) is 44.4 Å². The monoisotopic (exact) mass is 346 g/mol. The summed E-state index contributed by atoms with van der Waals surface area (Å²) in [5, 5.41) is 2.77. The number of rotatable bonds is 4. The molecule has 0 aliphatic carbocycles. The van der Waals surface area contributed by atoms with Crippen molar-refractivity contribution in [3.63, 3.8) is 0 Å². The van der Waals surface area contributed by atoms with Gasteiger partial charge in [-0.25, -0.2) is 8.42 Å². The molecule has 0 aromatic heterocycles. The molecule has 1 amide bonds. The first-order valence-electron chi connectivity index (χ1n) is 7.49. The molecular weight excluding hydrogens is 328 g/mol. The molecule has 2 aromatic carbocycles. The average molecular weight is 346 g/mol. The summed E-state index contributed by atoms with van der Waals surface area (Å²) in [4.78, 5) is 11.5. The number of benzene rings is 2. The van der Waals surface area contributed by atoms with Crippen molar-refractivity contribution in [3.8, 4) is 5.75 Å². The van der Waals surface area contributed by atoms with Crippen LogP contribution >= 0.6 is 0 Å². The largest absolute Gasteiger partial charge is 0.496 e. The second-order valence-electron chi connectivity index (χ2n) is 5.66. The molecule has 0 radical (unpaired) electrons. The fourth-order valence-electron chi connectivity index (χ4n) is 2.68. The molecular formula is C17H18N2O4S. The Labute approximate surface area is 140 Å². The van der Waals surface area contributed by atoms with E-state index < -0.39 is 10.0 Å². The van der Waals surface area contributed by atoms with Gasteiger partial charge in [0.15, 0.2) is 0 Å². The number of amides is 1. The first-order valence-corrected chi connectivity index (χ1v) is 8.97. The summed E-state index contributed by atoms with van der Waals surface area (Å²) in [6.45, 7) is 1.79. The Bertz CT molecular complexity index is 907. The zero-order chi connectivity index (χ0) is 17.3. The molecule has 0 saturated heterocycles. The van der Waals surface area contributed by atoms with Gasteiger partial charge in [-0.15, -0.1) is 0 Å². The molecule has 2 N–H and O–H groups in total. The fourth-order valence-corrected chi connectivity index (χ4v) is 3.81. The number of anilines is 2. The molecule has 0 atom stereocenters. The zero-order valence-corrected chi connectivity index (χ0v) is 14.2. The number of hydrogen-bond acceptors (Lipinski definition) is 4. The van der Waals surface area contributed by atoms with Gasteiger partial charge >= 0.3 is 0 Å². The van der Waals surface area contributed by atoms with Gasteiger partial charge in [0.05, 0.1) is 12.0 Å². The minimum Gasteiger partial charge on any atom is -0.496 e. The third-order valence-electron chi connectivity index (χ3n) is 3.93. The molecule has 1 aliphatic heterocycles. The predicted molar refractivity (Wildman–Crippen MR) is 91.9 cm³/mol. The van der Waals surface area contributed by atoms with Gasteiger partial charge in [0.1, 0.15) is 5.75 Å². The summed E-state index contributed by atoms with van der Waals surface area (Å²) in [5.74, 6) is 0.614. The van der Waals surface area contributed by atoms with Crippen molar-refractivity contribution in [2.75, 3.05) is 17.1 Å². The van der Waals surface area contributed by atoms with Crippen LogP contribution in [0.25, 0.3) is 0 Å². The van der Waals surface area contributed by atoms with E-state index in [9.17, 15) is 13.2 Å². The van der Waals surface area contributed by atoms with Crippen molar-refractivity contribution >= 4 is 27.3 Å². The van der Waals surface area contributed by atoms with E-state index in [4.69, 9.17) is 4.74 Å².